The summed E-state index contributed by atoms with van der Waals surface area (Å²) in [7, 11) is 1.44. The number of rotatable bonds is 11. The monoisotopic (exact) mass is 482 g/mol. The maximum atomic E-state index is 13.0. The van der Waals surface area contributed by atoms with Crippen molar-refractivity contribution in [2.45, 2.75) is 38.6 Å². The van der Waals surface area contributed by atoms with Crippen LogP contribution >= 0.6 is 0 Å². The Hall–Kier alpha value is -3.39. The molecule has 2 unspecified atom stereocenters. The molecule has 1 aliphatic rings. The molecule has 1 aliphatic carbocycles. The van der Waals surface area contributed by atoms with Crippen molar-refractivity contribution in [3.8, 4) is 11.1 Å². The minimum Gasteiger partial charge on any atom is -0.481 e. The summed E-state index contributed by atoms with van der Waals surface area (Å²) in [6, 6.07) is 16.1. The fraction of sp³-hybridized carbons (Fsp3) is 0.444. The van der Waals surface area contributed by atoms with E-state index in [0.717, 1.165) is 22.3 Å². The van der Waals surface area contributed by atoms with Crippen LogP contribution in [0.25, 0.3) is 11.1 Å². The molecule has 0 spiro atoms. The van der Waals surface area contributed by atoms with Gasteiger partial charge in [-0.3, -0.25) is 9.59 Å². The third-order valence-corrected chi connectivity index (χ3v) is 6.56. The van der Waals surface area contributed by atoms with Gasteiger partial charge in [0.2, 0.25) is 5.91 Å². The Balaban J connectivity index is 1.64. The van der Waals surface area contributed by atoms with E-state index in [1.165, 1.54) is 7.11 Å². The summed E-state index contributed by atoms with van der Waals surface area (Å²) in [6.45, 7) is 5.59. The van der Waals surface area contributed by atoms with Gasteiger partial charge in [0.05, 0.1) is 13.0 Å². The molecule has 0 heterocycles. The van der Waals surface area contributed by atoms with E-state index in [-0.39, 0.29) is 43.9 Å². The van der Waals surface area contributed by atoms with E-state index < -0.39 is 23.5 Å². The second kappa shape index (κ2) is 11.4. The van der Waals surface area contributed by atoms with Gasteiger partial charge in [0.15, 0.2) is 0 Å². The van der Waals surface area contributed by atoms with Crippen LogP contribution in [0.3, 0.4) is 0 Å². The van der Waals surface area contributed by atoms with Gasteiger partial charge in [-0.25, -0.2) is 4.79 Å². The van der Waals surface area contributed by atoms with Gasteiger partial charge in [0.1, 0.15) is 12.1 Å². The molecule has 0 bridgehead atoms. The van der Waals surface area contributed by atoms with Crippen LogP contribution in [0.5, 0.6) is 0 Å². The van der Waals surface area contributed by atoms with E-state index in [9.17, 15) is 14.4 Å². The molecule has 0 radical (unpaired) electrons. The van der Waals surface area contributed by atoms with Crippen molar-refractivity contribution in [1.29, 1.82) is 0 Å². The van der Waals surface area contributed by atoms with Crippen LogP contribution in [-0.4, -0.2) is 55.5 Å². The lowest BCUT2D eigenvalue weighted by atomic mass is 9.92. The molecular formula is C27H34N2O6. The van der Waals surface area contributed by atoms with Gasteiger partial charge in [0.25, 0.3) is 0 Å². The molecule has 0 fully saturated rings. The van der Waals surface area contributed by atoms with Crippen molar-refractivity contribution in [3.63, 3.8) is 0 Å². The molecule has 0 aliphatic heterocycles. The quantitative estimate of drug-likeness (QED) is 0.449. The van der Waals surface area contributed by atoms with Crippen molar-refractivity contribution in [2.24, 2.45) is 11.8 Å². The third-order valence-electron chi connectivity index (χ3n) is 6.56. The van der Waals surface area contributed by atoms with Gasteiger partial charge in [-0.2, -0.15) is 0 Å². The SMILES string of the molecule is COCC(C)(NC(=O)OCC1c2ccccc2-c2ccccc21)C(=O)NCC(CC(=O)O)C(C)C. The lowest BCUT2D eigenvalue weighted by Crippen LogP contribution is -2.60. The molecule has 188 valence electrons. The first kappa shape index (κ1) is 26.2. The number of methoxy groups -OCH3 is 1. The number of aliphatic carboxylic acids is 1. The zero-order chi connectivity index (χ0) is 25.6. The molecule has 8 nitrogen and oxygen atoms in total. The highest BCUT2D eigenvalue weighted by atomic mass is 16.5. The van der Waals surface area contributed by atoms with E-state index in [2.05, 4.69) is 22.8 Å². The number of carboxylic acids is 1. The van der Waals surface area contributed by atoms with Crippen molar-refractivity contribution in [3.05, 3.63) is 59.7 Å². The number of nitrogens with one attached hydrogen (secondary N) is 2. The van der Waals surface area contributed by atoms with Crippen molar-refractivity contribution >= 4 is 18.0 Å². The number of benzene rings is 2. The fourth-order valence-electron chi connectivity index (χ4n) is 4.49. The highest BCUT2D eigenvalue weighted by Gasteiger charge is 2.37. The number of hydrogen-bond acceptors (Lipinski definition) is 5. The molecule has 2 atom stereocenters. The van der Waals surface area contributed by atoms with Crippen LogP contribution in [0, 0.1) is 11.8 Å². The maximum absolute atomic E-state index is 13.0. The molecule has 3 rings (SSSR count). The summed E-state index contributed by atoms with van der Waals surface area (Å²) in [4.78, 5) is 36.9. The van der Waals surface area contributed by atoms with E-state index in [0.29, 0.717) is 0 Å². The van der Waals surface area contributed by atoms with Gasteiger partial charge in [0, 0.05) is 19.6 Å². The number of ether oxygens (including phenoxy) is 2. The number of carbonyl (C=O) groups excluding carboxylic acids is 2. The number of fused-ring (bicyclic) bond motifs is 3. The molecule has 3 N–H and O–H groups in total. The summed E-state index contributed by atoms with van der Waals surface area (Å²) in [6.07, 6.45) is -0.786. The van der Waals surface area contributed by atoms with Gasteiger partial charge in [-0.15, -0.1) is 0 Å². The lowest BCUT2D eigenvalue weighted by molar-refractivity contribution is -0.139. The predicted octanol–water partition coefficient (Wildman–Crippen LogP) is 3.79. The van der Waals surface area contributed by atoms with Crippen molar-refractivity contribution in [1.82, 2.24) is 10.6 Å². The van der Waals surface area contributed by atoms with Crippen molar-refractivity contribution in [2.75, 3.05) is 26.9 Å². The molecule has 2 amide bonds. The Morgan fingerprint density at radius 3 is 2.11 bits per heavy atom. The van der Waals surface area contributed by atoms with Crippen LogP contribution < -0.4 is 10.6 Å². The van der Waals surface area contributed by atoms with Crippen LogP contribution in [0.2, 0.25) is 0 Å². The average Bonchev–Trinajstić information content (AvgIpc) is 3.13. The Morgan fingerprint density at radius 2 is 1.60 bits per heavy atom. The van der Waals surface area contributed by atoms with E-state index in [4.69, 9.17) is 14.6 Å². The van der Waals surface area contributed by atoms with E-state index >= 15 is 0 Å². The maximum Gasteiger partial charge on any atom is 0.408 e. The summed E-state index contributed by atoms with van der Waals surface area (Å²) < 4.78 is 10.8. The lowest BCUT2D eigenvalue weighted by Gasteiger charge is -2.30. The molecule has 0 aromatic heterocycles. The molecule has 0 saturated carbocycles. The Kier molecular flexibility index (Phi) is 8.51. The first-order valence-corrected chi connectivity index (χ1v) is 11.8. The largest absolute Gasteiger partial charge is 0.481 e. The minimum atomic E-state index is -1.39. The number of amides is 2. The van der Waals surface area contributed by atoms with Crippen LogP contribution in [-0.2, 0) is 19.1 Å². The molecule has 2 aromatic rings. The normalized spacial score (nSPS) is 15.0. The van der Waals surface area contributed by atoms with Gasteiger partial charge in [-0.1, -0.05) is 62.4 Å². The van der Waals surface area contributed by atoms with Gasteiger partial charge < -0.3 is 25.2 Å². The van der Waals surface area contributed by atoms with E-state index in [1.54, 1.807) is 6.92 Å². The Labute approximate surface area is 206 Å². The first-order chi connectivity index (χ1) is 16.7. The molecule has 35 heavy (non-hydrogen) atoms. The zero-order valence-electron chi connectivity index (χ0n) is 20.7. The minimum absolute atomic E-state index is 0.0568. The fourth-order valence-corrected chi connectivity index (χ4v) is 4.49. The Morgan fingerprint density at radius 1 is 1.03 bits per heavy atom. The highest BCUT2D eigenvalue weighted by molar-refractivity contribution is 5.90. The first-order valence-electron chi connectivity index (χ1n) is 11.8. The van der Waals surface area contributed by atoms with Crippen molar-refractivity contribution < 1.29 is 29.0 Å². The predicted molar refractivity (Wildman–Crippen MR) is 132 cm³/mol. The highest BCUT2D eigenvalue weighted by Crippen LogP contribution is 2.44. The topological polar surface area (TPSA) is 114 Å². The van der Waals surface area contributed by atoms with Crippen LogP contribution in [0.4, 0.5) is 4.79 Å². The zero-order valence-corrected chi connectivity index (χ0v) is 20.7. The number of carboxylic acid groups (broad SMARTS) is 1. The van der Waals surface area contributed by atoms with Crippen LogP contribution in [0.15, 0.2) is 48.5 Å². The number of carbonyl (C=O) groups is 3. The molecule has 0 saturated heterocycles. The third kappa shape index (κ3) is 6.19. The van der Waals surface area contributed by atoms with Crippen LogP contribution in [0.1, 0.15) is 44.2 Å². The number of hydrogen-bond donors (Lipinski definition) is 3. The van der Waals surface area contributed by atoms with E-state index in [1.807, 2.05) is 50.2 Å². The standard InChI is InChI=1S/C27H34N2O6/c1-17(2)18(13-24(30)31)14-28-25(32)27(3,16-34-4)29-26(33)35-15-23-21-11-7-5-9-19(21)20-10-6-8-12-22(20)23/h5-12,17-18,23H,13-16H2,1-4H3,(H,28,32)(H,29,33)(H,30,31). The second-order valence-corrected chi connectivity index (χ2v) is 9.53. The van der Waals surface area contributed by atoms with Gasteiger partial charge >= 0.3 is 12.1 Å². The Bertz CT molecular complexity index is 1020. The van der Waals surface area contributed by atoms with Gasteiger partial charge in [-0.05, 0) is 41.0 Å². The summed E-state index contributed by atoms with van der Waals surface area (Å²) in [5.41, 5.74) is 3.06. The molecule has 2 aromatic carbocycles. The molecule has 8 heteroatoms. The second-order valence-electron chi connectivity index (χ2n) is 9.53. The average molecular weight is 483 g/mol. The number of alkyl carbamates (subject to hydrolysis) is 1. The molecular weight excluding hydrogens is 448 g/mol. The smallest absolute Gasteiger partial charge is 0.408 e. The summed E-state index contributed by atoms with van der Waals surface area (Å²) in [5.74, 6) is -1.66. The summed E-state index contributed by atoms with van der Waals surface area (Å²) in [5, 5.41) is 14.5. The summed E-state index contributed by atoms with van der Waals surface area (Å²) >= 11 is 0.